The topological polar surface area (TPSA) is 102 Å². The SMILES string of the molecule is CC(=NCC(=O)c1ccc(C(=O)CCc2cc(C)on2)s1)c1csc(-c2ccc(OC(F)(F)F)cc2)c1O. The Morgan fingerprint density at radius 3 is 2.42 bits per heavy atom. The summed E-state index contributed by atoms with van der Waals surface area (Å²) in [6.07, 6.45) is -4.10. The highest BCUT2D eigenvalue weighted by Gasteiger charge is 2.31. The molecule has 0 aliphatic heterocycles. The normalized spacial score (nSPS) is 12.1. The average molecular weight is 563 g/mol. The smallest absolute Gasteiger partial charge is 0.506 e. The number of rotatable bonds is 10. The van der Waals surface area contributed by atoms with E-state index >= 15 is 0 Å². The first-order valence-corrected chi connectivity index (χ1v) is 13.0. The van der Waals surface area contributed by atoms with E-state index in [9.17, 15) is 27.9 Å². The molecule has 7 nitrogen and oxygen atoms in total. The number of halogens is 3. The third kappa shape index (κ3) is 6.75. The summed E-state index contributed by atoms with van der Waals surface area (Å²) in [4.78, 5) is 30.8. The van der Waals surface area contributed by atoms with Gasteiger partial charge < -0.3 is 14.4 Å². The third-order valence-corrected chi connectivity index (χ3v) is 7.59. The monoisotopic (exact) mass is 562 g/mol. The number of aryl methyl sites for hydroxylation is 2. The van der Waals surface area contributed by atoms with Crippen LogP contribution in [0.15, 0.2) is 57.4 Å². The van der Waals surface area contributed by atoms with Crippen LogP contribution < -0.4 is 4.74 Å². The quantitative estimate of drug-likeness (QED) is 0.167. The Labute approximate surface area is 223 Å². The summed E-state index contributed by atoms with van der Waals surface area (Å²) in [5.41, 5.74) is 2.04. The largest absolute Gasteiger partial charge is 0.573 e. The van der Waals surface area contributed by atoms with E-state index in [1.807, 2.05) is 0 Å². The van der Waals surface area contributed by atoms with Crippen LogP contribution in [0.4, 0.5) is 13.2 Å². The number of benzene rings is 1. The van der Waals surface area contributed by atoms with Gasteiger partial charge in [0.1, 0.15) is 23.8 Å². The van der Waals surface area contributed by atoms with E-state index in [1.54, 1.807) is 37.4 Å². The summed E-state index contributed by atoms with van der Waals surface area (Å²) in [7, 11) is 0. The van der Waals surface area contributed by atoms with Crippen molar-refractivity contribution in [2.75, 3.05) is 6.54 Å². The minimum Gasteiger partial charge on any atom is -0.506 e. The molecule has 12 heteroatoms. The zero-order chi connectivity index (χ0) is 27.4. The number of carbonyl (C=O) groups is 2. The summed E-state index contributed by atoms with van der Waals surface area (Å²) in [6, 6.07) is 10.1. The summed E-state index contributed by atoms with van der Waals surface area (Å²) in [5.74, 6) is -0.136. The Hall–Kier alpha value is -3.77. The maximum absolute atomic E-state index is 12.7. The van der Waals surface area contributed by atoms with E-state index in [2.05, 4.69) is 14.9 Å². The number of ketones is 2. The second-order valence-corrected chi connectivity index (χ2v) is 10.2. The molecule has 0 saturated heterocycles. The van der Waals surface area contributed by atoms with Gasteiger partial charge in [-0.2, -0.15) is 0 Å². The number of alkyl halides is 3. The number of aliphatic imine (C=N–C) groups is 1. The average Bonchev–Trinajstić information content (AvgIpc) is 3.60. The van der Waals surface area contributed by atoms with Gasteiger partial charge in [-0.15, -0.1) is 35.8 Å². The van der Waals surface area contributed by atoms with Gasteiger partial charge >= 0.3 is 6.36 Å². The zero-order valence-electron chi connectivity index (χ0n) is 20.2. The Morgan fingerprint density at radius 2 is 1.79 bits per heavy atom. The molecule has 0 fully saturated rings. The predicted octanol–water partition coefficient (Wildman–Crippen LogP) is 6.88. The lowest BCUT2D eigenvalue weighted by atomic mass is 10.1. The van der Waals surface area contributed by atoms with Crippen LogP contribution in [0.3, 0.4) is 0 Å². The molecule has 4 rings (SSSR count). The van der Waals surface area contributed by atoms with Crippen LogP contribution in [-0.4, -0.2) is 40.4 Å². The molecule has 0 amide bonds. The van der Waals surface area contributed by atoms with Gasteiger partial charge in [0, 0.05) is 35.6 Å². The number of hydrogen-bond donors (Lipinski definition) is 1. The van der Waals surface area contributed by atoms with E-state index in [4.69, 9.17) is 4.52 Å². The minimum absolute atomic E-state index is 0.0838. The molecular formula is C26H21F3N2O5S2. The minimum atomic E-state index is -4.79. The van der Waals surface area contributed by atoms with Crippen molar-refractivity contribution in [1.82, 2.24) is 5.16 Å². The molecule has 0 spiro atoms. The molecule has 1 aromatic carbocycles. The van der Waals surface area contributed by atoms with Gasteiger partial charge in [0.15, 0.2) is 11.6 Å². The molecule has 0 aliphatic rings. The van der Waals surface area contributed by atoms with Crippen molar-refractivity contribution in [1.29, 1.82) is 0 Å². The predicted molar refractivity (Wildman–Crippen MR) is 138 cm³/mol. The lowest BCUT2D eigenvalue weighted by Crippen LogP contribution is -2.16. The van der Waals surface area contributed by atoms with Gasteiger partial charge in [-0.1, -0.05) is 5.16 Å². The number of aromatic nitrogens is 1. The highest BCUT2D eigenvalue weighted by molar-refractivity contribution is 7.16. The van der Waals surface area contributed by atoms with Crippen LogP contribution in [0.25, 0.3) is 10.4 Å². The number of carbonyl (C=O) groups excluding carboxylic acids is 2. The van der Waals surface area contributed by atoms with Crippen molar-refractivity contribution < 1.29 is 37.1 Å². The van der Waals surface area contributed by atoms with Gasteiger partial charge in [0.05, 0.1) is 20.3 Å². The summed E-state index contributed by atoms with van der Waals surface area (Å²) < 4.78 is 46.0. The van der Waals surface area contributed by atoms with Gasteiger partial charge in [-0.25, -0.2) is 0 Å². The number of thiophene rings is 2. The molecule has 1 N–H and O–H groups in total. The third-order valence-electron chi connectivity index (χ3n) is 5.41. The Kier molecular flexibility index (Phi) is 8.12. The maximum atomic E-state index is 12.7. The summed E-state index contributed by atoms with van der Waals surface area (Å²) >= 11 is 2.30. The van der Waals surface area contributed by atoms with E-state index in [0.29, 0.717) is 49.3 Å². The molecular weight excluding hydrogens is 541 g/mol. The highest BCUT2D eigenvalue weighted by atomic mass is 32.1. The van der Waals surface area contributed by atoms with Crippen molar-refractivity contribution in [3.05, 3.63) is 74.6 Å². The van der Waals surface area contributed by atoms with Crippen LogP contribution >= 0.6 is 22.7 Å². The maximum Gasteiger partial charge on any atom is 0.573 e. The van der Waals surface area contributed by atoms with Crippen molar-refractivity contribution in [2.45, 2.75) is 33.1 Å². The summed E-state index contributed by atoms with van der Waals surface area (Å²) in [5, 5.41) is 16.2. The molecule has 0 radical (unpaired) electrons. The molecule has 0 bridgehead atoms. The van der Waals surface area contributed by atoms with Crippen LogP contribution in [0, 0.1) is 6.92 Å². The van der Waals surface area contributed by atoms with E-state index in [-0.39, 0.29) is 36.0 Å². The van der Waals surface area contributed by atoms with E-state index in [0.717, 1.165) is 23.5 Å². The molecule has 38 heavy (non-hydrogen) atoms. The molecule has 4 aromatic rings. The lowest BCUT2D eigenvalue weighted by Gasteiger charge is -2.09. The second kappa shape index (κ2) is 11.3. The first-order valence-electron chi connectivity index (χ1n) is 11.3. The lowest BCUT2D eigenvalue weighted by molar-refractivity contribution is -0.274. The Morgan fingerprint density at radius 1 is 1.11 bits per heavy atom. The van der Waals surface area contributed by atoms with Crippen LogP contribution in [0.5, 0.6) is 11.5 Å². The van der Waals surface area contributed by atoms with Crippen LogP contribution in [0.2, 0.25) is 0 Å². The van der Waals surface area contributed by atoms with Gasteiger partial charge in [0.25, 0.3) is 0 Å². The van der Waals surface area contributed by atoms with Crippen LogP contribution in [-0.2, 0) is 6.42 Å². The first-order chi connectivity index (χ1) is 18.0. The molecule has 0 unspecified atom stereocenters. The van der Waals surface area contributed by atoms with Gasteiger partial charge in [-0.05, 0) is 55.8 Å². The van der Waals surface area contributed by atoms with Gasteiger partial charge in [-0.3, -0.25) is 14.6 Å². The van der Waals surface area contributed by atoms with E-state index < -0.39 is 6.36 Å². The van der Waals surface area contributed by atoms with Crippen molar-refractivity contribution in [3.63, 3.8) is 0 Å². The fourth-order valence-electron chi connectivity index (χ4n) is 3.51. The second-order valence-electron chi connectivity index (χ2n) is 8.24. The van der Waals surface area contributed by atoms with Crippen LogP contribution in [0.1, 0.15) is 49.7 Å². The number of Topliss-reactive ketones (excluding diaryl/α,β-unsaturated/α-hetero) is 2. The van der Waals surface area contributed by atoms with Crippen molar-refractivity contribution in [3.8, 4) is 21.9 Å². The standard InChI is InChI=1S/C26H21F3N2O5S2/c1-14-11-17(31-36-14)5-8-20(32)22-9-10-23(38-22)21(33)12-30-15(2)19-13-37-25(24(19)34)16-3-6-18(7-4-16)35-26(27,28)29/h3-4,6-7,9-11,13,34H,5,8,12H2,1-2H3. The number of hydrogen-bond acceptors (Lipinski definition) is 9. The fraction of sp³-hybridized carbons (Fsp3) is 0.231. The summed E-state index contributed by atoms with van der Waals surface area (Å²) in [6.45, 7) is 3.25. The zero-order valence-corrected chi connectivity index (χ0v) is 21.8. The molecule has 3 aromatic heterocycles. The van der Waals surface area contributed by atoms with E-state index in [1.165, 1.54) is 23.5 Å². The molecule has 3 heterocycles. The molecule has 0 saturated carbocycles. The first kappa shape index (κ1) is 27.3. The Bertz CT molecular complexity index is 1480. The molecule has 0 atom stereocenters. The number of aromatic hydroxyl groups is 1. The highest BCUT2D eigenvalue weighted by Crippen LogP contribution is 2.39. The van der Waals surface area contributed by atoms with Crippen molar-refractivity contribution >= 4 is 40.0 Å². The van der Waals surface area contributed by atoms with Crippen molar-refractivity contribution in [2.24, 2.45) is 4.99 Å². The molecule has 0 aliphatic carbocycles. The molecule has 198 valence electrons. The number of ether oxygens (including phenoxy) is 1. The number of nitrogens with zero attached hydrogens (tertiary/aromatic N) is 2. The Balaban J connectivity index is 1.37. The van der Waals surface area contributed by atoms with Gasteiger partial charge in [0.2, 0.25) is 0 Å². The fourth-order valence-corrected chi connectivity index (χ4v) is 5.43.